The van der Waals surface area contributed by atoms with Gasteiger partial charge in [0.15, 0.2) is 0 Å². The highest BCUT2D eigenvalue weighted by Gasteiger charge is 2.08. The molecule has 0 aliphatic carbocycles. The molecule has 3 nitrogen and oxygen atoms in total. The first-order valence-corrected chi connectivity index (χ1v) is 6.65. The second-order valence-electron chi connectivity index (χ2n) is 3.46. The Hall–Kier alpha value is -1.17. The minimum absolute atomic E-state index is 0.102. The maximum Gasteiger partial charge on any atom is 0.265 e. The highest BCUT2D eigenvalue weighted by Crippen LogP contribution is 2.23. The molecule has 0 aliphatic heterocycles. The Morgan fingerprint density at radius 1 is 1.35 bits per heavy atom. The number of nitrogens with two attached hydrogens (primary N) is 1. The summed E-state index contributed by atoms with van der Waals surface area (Å²) in [6.45, 7) is 0.467. The average Bonchev–Trinajstić information content (AvgIpc) is 2.76. The van der Waals surface area contributed by atoms with Gasteiger partial charge in [0, 0.05) is 12.2 Å². The molecule has 2 aromatic rings. The number of rotatable bonds is 3. The van der Waals surface area contributed by atoms with Gasteiger partial charge in [-0.05, 0) is 45.8 Å². The van der Waals surface area contributed by atoms with E-state index in [1.165, 1.54) is 11.3 Å². The van der Waals surface area contributed by atoms with Gasteiger partial charge in [0.25, 0.3) is 5.91 Å². The summed E-state index contributed by atoms with van der Waals surface area (Å²) in [6.07, 6.45) is 0. The largest absolute Gasteiger partial charge is 0.326 e. The molecule has 17 heavy (non-hydrogen) atoms. The summed E-state index contributed by atoms with van der Waals surface area (Å²) in [7, 11) is 0. The van der Waals surface area contributed by atoms with Crippen molar-refractivity contribution < 1.29 is 4.79 Å². The molecule has 0 spiro atoms. The Morgan fingerprint density at radius 2 is 2.18 bits per heavy atom. The van der Waals surface area contributed by atoms with Crippen LogP contribution in [0.15, 0.2) is 40.2 Å². The number of amides is 1. The van der Waals surface area contributed by atoms with Gasteiger partial charge in [-0.2, -0.15) is 0 Å². The smallest absolute Gasteiger partial charge is 0.265 e. The second-order valence-corrected chi connectivity index (χ2v) is 5.93. The molecule has 0 aliphatic rings. The van der Waals surface area contributed by atoms with Crippen LogP contribution in [0.5, 0.6) is 0 Å². The van der Waals surface area contributed by atoms with E-state index in [2.05, 4.69) is 21.2 Å². The summed E-state index contributed by atoms with van der Waals surface area (Å²) < 4.78 is 0.943. The van der Waals surface area contributed by atoms with Crippen molar-refractivity contribution in [3.05, 3.63) is 50.6 Å². The molecular formula is C12H11BrN2OS. The molecule has 0 fully saturated rings. The van der Waals surface area contributed by atoms with Crippen LogP contribution < -0.4 is 11.1 Å². The average molecular weight is 311 g/mol. The van der Waals surface area contributed by atoms with Gasteiger partial charge < -0.3 is 11.1 Å². The molecule has 1 aromatic heterocycles. The number of anilines is 1. The first-order chi connectivity index (χ1) is 8.19. The monoisotopic (exact) mass is 310 g/mol. The molecule has 5 heteroatoms. The Labute approximate surface area is 112 Å². The van der Waals surface area contributed by atoms with Crippen LogP contribution in [-0.2, 0) is 6.54 Å². The number of halogens is 1. The Balaban J connectivity index is 2.12. The van der Waals surface area contributed by atoms with Crippen LogP contribution in [0, 0.1) is 0 Å². The van der Waals surface area contributed by atoms with Crippen LogP contribution in [0.2, 0.25) is 0 Å². The van der Waals surface area contributed by atoms with E-state index in [1.807, 2.05) is 30.3 Å². The first-order valence-electron chi connectivity index (χ1n) is 5.05. The molecule has 0 bridgehead atoms. The molecule has 2 rings (SSSR count). The van der Waals surface area contributed by atoms with Crippen molar-refractivity contribution in [2.75, 3.05) is 5.32 Å². The number of hydrogen-bond donors (Lipinski definition) is 2. The summed E-state index contributed by atoms with van der Waals surface area (Å²) in [5.74, 6) is -0.102. The summed E-state index contributed by atoms with van der Waals surface area (Å²) in [4.78, 5) is 12.6. The lowest BCUT2D eigenvalue weighted by atomic mass is 10.2. The van der Waals surface area contributed by atoms with Crippen LogP contribution in [0.25, 0.3) is 0 Å². The van der Waals surface area contributed by atoms with Crippen molar-refractivity contribution in [3.8, 4) is 0 Å². The van der Waals surface area contributed by atoms with E-state index < -0.39 is 0 Å². The third-order valence-electron chi connectivity index (χ3n) is 2.22. The van der Waals surface area contributed by atoms with Gasteiger partial charge in [-0.3, -0.25) is 4.79 Å². The van der Waals surface area contributed by atoms with Crippen molar-refractivity contribution in [3.63, 3.8) is 0 Å². The Kier molecular flexibility index (Phi) is 3.93. The van der Waals surface area contributed by atoms with E-state index in [-0.39, 0.29) is 5.91 Å². The fourth-order valence-corrected chi connectivity index (χ4v) is 2.69. The van der Waals surface area contributed by atoms with Gasteiger partial charge in [0.1, 0.15) is 0 Å². The quantitative estimate of drug-likeness (QED) is 0.914. The van der Waals surface area contributed by atoms with Gasteiger partial charge in [0.05, 0.1) is 8.66 Å². The molecule has 88 valence electrons. The van der Waals surface area contributed by atoms with Crippen LogP contribution in [0.4, 0.5) is 5.69 Å². The van der Waals surface area contributed by atoms with Gasteiger partial charge in [-0.15, -0.1) is 11.3 Å². The van der Waals surface area contributed by atoms with Crippen molar-refractivity contribution in [1.82, 2.24) is 0 Å². The second kappa shape index (κ2) is 5.44. The van der Waals surface area contributed by atoms with Gasteiger partial charge in [0.2, 0.25) is 0 Å². The van der Waals surface area contributed by atoms with E-state index >= 15 is 0 Å². The van der Waals surface area contributed by atoms with E-state index in [1.54, 1.807) is 6.07 Å². The van der Waals surface area contributed by atoms with Crippen molar-refractivity contribution in [1.29, 1.82) is 0 Å². The number of hydrogen-bond acceptors (Lipinski definition) is 3. The number of benzene rings is 1. The fourth-order valence-electron chi connectivity index (χ4n) is 1.41. The van der Waals surface area contributed by atoms with E-state index in [0.29, 0.717) is 11.4 Å². The Bertz CT molecular complexity index is 539. The molecular weight excluding hydrogens is 300 g/mol. The molecule has 0 radical (unpaired) electrons. The zero-order chi connectivity index (χ0) is 12.3. The fraction of sp³-hybridized carbons (Fsp3) is 0.0833. The number of carbonyl (C=O) groups excluding carboxylic acids is 1. The third-order valence-corrected chi connectivity index (χ3v) is 3.84. The van der Waals surface area contributed by atoms with Crippen LogP contribution in [0.1, 0.15) is 15.2 Å². The molecule has 1 amide bonds. The zero-order valence-electron chi connectivity index (χ0n) is 8.94. The summed E-state index contributed by atoms with van der Waals surface area (Å²) in [6, 6.07) is 11.2. The third kappa shape index (κ3) is 3.15. The maximum absolute atomic E-state index is 11.9. The topological polar surface area (TPSA) is 55.1 Å². The number of carbonyl (C=O) groups is 1. The molecule has 3 N–H and O–H groups in total. The zero-order valence-corrected chi connectivity index (χ0v) is 11.3. The van der Waals surface area contributed by atoms with Crippen LogP contribution in [0.3, 0.4) is 0 Å². The SMILES string of the molecule is NCc1cccc(NC(=O)c2ccc(Br)s2)c1. The van der Waals surface area contributed by atoms with Crippen molar-refractivity contribution in [2.45, 2.75) is 6.54 Å². The summed E-state index contributed by atoms with van der Waals surface area (Å²) in [5, 5.41) is 2.84. The first kappa shape index (κ1) is 12.3. The molecule has 0 atom stereocenters. The lowest BCUT2D eigenvalue weighted by Crippen LogP contribution is -2.10. The predicted octanol–water partition coefficient (Wildman–Crippen LogP) is 3.22. The summed E-state index contributed by atoms with van der Waals surface area (Å²) in [5.41, 5.74) is 7.31. The van der Waals surface area contributed by atoms with Crippen LogP contribution in [-0.4, -0.2) is 5.91 Å². The van der Waals surface area contributed by atoms with Gasteiger partial charge in [-0.25, -0.2) is 0 Å². The van der Waals surface area contributed by atoms with E-state index in [4.69, 9.17) is 5.73 Å². The van der Waals surface area contributed by atoms with E-state index in [9.17, 15) is 4.79 Å². The minimum Gasteiger partial charge on any atom is -0.326 e. The molecule has 1 heterocycles. The lowest BCUT2D eigenvalue weighted by molar-refractivity contribution is 0.103. The van der Waals surface area contributed by atoms with E-state index in [0.717, 1.165) is 15.0 Å². The molecule has 0 unspecified atom stereocenters. The van der Waals surface area contributed by atoms with Gasteiger partial charge in [-0.1, -0.05) is 12.1 Å². The normalized spacial score (nSPS) is 10.2. The molecule has 0 saturated carbocycles. The van der Waals surface area contributed by atoms with Crippen molar-refractivity contribution >= 4 is 38.9 Å². The highest BCUT2D eigenvalue weighted by molar-refractivity contribution is 9.11. The molecule has 1 aromatic carbocycles. The van der Waals surface area contributed by atoms with Crippen LogP contribution >= 0.6 is 27.3 Å². The molecule has 0 saturated heterocycles. The minimum atomic E-state index is -0.102. The van der Waals surface area contributed by atoms with Crippen molar-refractivity contribution in [2.24, 2.45) is 5.73 Å². The van der Waals surface area contributed by atoms with Gasteiger partial charge >= 0.3 is 0 Å². The number of thiophene rings is 1. The lowest BCUT2D eigenvalue weighted by Gasteiger charge is -2.05. The highest BCUT2D eigenvalue weighted by atomic mass is 79.9. The maximum atomic E-state index is 11.9. The predicted molar refractivity (Wildman–Crippen MR) is 74.3 cm³/mol. The summed E-state index contributed by atoms with van der Waals surface area (Å²) >= 11 is 4.74. The Morgan fingerprint density at radius 3 is 2.82 bits per heavy atom. The standard InChI is InChI=1S/C12H11BrN2OS/c13-11-5-4-10(17-11)12(16)15-9-3-1-2-8(6-9)7-14/h1-6H,7,14H2,(H,15,16). The number of nitrogens with one attached hydrogen (secondary N) is 1.